The number of hydrogen-bond donors (Lipinski definition) is 1. The Labute approximate surface area is 125 Å². The molecule has 2 N–H and O–H groups in total. The largest absolute Gasteiger partial charge is 0.398 e. The first-order valence-corrected chi connectivity index (χ1v) is 7.64. The number of anilines is 2. The zero-order valence-electron chi connectivity index (χ0n) is 12.8. The van der Waals surface area contributed by atoms with Crippen molar-refractivity contribution in [3.8, 4) is 0 Å². The summed E-state index contributed by atoms with van der Waals surface area (Å²) in [6, 6.07) is 6.18. The van der Waals surface area contributed by atoms with E-state index in [-0.39, 0.29) is 0 Å². The molecule has 5 heteroatoms. The van der Waals surface area contributed by atoms with Crippen molar-refractivity contribution in [3.05, 3.63) is 35.9 Å². The molecule has 1 aromatic heterocycles. The zero-order valence-corrected chi connectivity index (χ0v) is 12.8. The number of rotatable bonds is 4. The Morgan fingerprint density at radius 1 is 1.33 bits per heavy atom. The summed E-state index contributed by atoms with van der Waals surface area (Å²) in [4.78, 5) is 6.81. The standard InChI is InChI=1S/C16H23N5/c1-12(2)9-21-16(18-11-19-21)10-20-8-4-5-13-14(17)6-3-7-15(13)20/h3,6-7,11-12H,4-5,8-10,17H2,1-2H3. The molecule has 0 atom stereocenters. The van der Waals surface area contributed by atoms with Gasteiger partial charge in [-0.2, -0.15) is 5.10 Å². The van der Waals surface area contributed by atoms with Gasteiger partial charge in [0, 0.05) is 24.5 Å². The van der Waals surface area contributed by atoms with Crippen LogP contribution in [-0.2, 0) is 19.5 Å². The number of benzene rings is 1. The highest BCUT2D eigenvalue weighted by Crippen LogP contribution is 2.31. The van der Waals surface area contributed by atoms with E-state index in [2.05, 4.69) is 34.9 Å². The molecule has 0 bridgehead atoms. The Hall–Kier alpha value is -2.04. The van der Waals surface area contributed by atoms with Gasteiger partial charge in [-0.15, -0.1) is 0 Å². The lowest BCUT2D eigenvalue weighted by molar-refractivity contribution is 0.462. The highest BCUT2D eigenvalue weighted by molar-refractivity contribution is 5.66. The Morgan fingerprint density at radius 3 is 3.00 bits per heavy atom. The molecule has 0 unspecified atom stereocenters. The summed E-state index contributed by atoms with van der Waals surface area (Å²) in [5.74, 6) is 1.59. The van der Waals surface area contributed by atoms with Gasteiger partial charge in [0.05, 0.1) is 6.54 Å². The van der Waals surface area contributed by atoms with Crippen molar-refractivity contribution >= 4 is 11.4 Å². The number of nitrogens with zero attached hydrogens (tertiary/aromatic N) is 4. The van der Waals surface area contributed by atoms with Crippen LogP contribution in [0.4, 0.5) is 11.4 Å². The van der Waals surface area contributed by atoms with Crippen LogP contribution in [0.5, 0.6) is 0 Å². The van der Waals surface area contributed by atoms with Gasteiger partial charge in [0.2, 0.25) is 0 Å². The molecule has 1 aliphatic rings. The third-order valence-corrected chi connectivity index (χ3v) is 3.95. The molecule has 0 aliphatic carbocycles. The maximum Gasteiger partial charge on any atom is 0.146 e. The van der Waals surface area contributed by atoms with Crippen molar-refractivity contribution in [2.75, 3.05) is 17.2 Å². The van der Waals surface area contributed by atoms with Crippen LogP contribution in [-0.4, -0.2) is 21.3 Å². The average Bonchev–Trinajstić information content (AvgIpc) is 2.86. The molecule has 1 aromatic carbocycles. The van der Waals surface area contributed by atoms with Crippen molar-refractivity contribution in [1.82, 2.24) is 14.8 Å². The van der Waals surface area contributed by atoms with Gasteiger partial charge in [-0.05, 0) is 36.5 Å². The minimum absolute atomic E-state index is 0.565. The fourth-order valence-electron chi connectivity index (χ4n) is 2.97. The summed E-state index contributed by atoms with van der Waals surface area (Å²) in [6.07, 6.45) is 3.86. The maximum absolute atomic E-state index is 6.11. The number of nitrogens with two attached hydrogens (primary N) is 1. The highest BCUT2D eigenvalue weighted by atomic mass is 15.3. The number of aromatic nitrogens is 3. The molecule has 0 saturated heterocycles. The van der Waals surface area contributed by atoms with Gasteiger partial charge < -0.3 is 10.6 Å². The Bertz CT molecular complexity index is 617. The molecule has 2 heterocycles. The summed E-state index contributed by atoms with van der Waals surface area (Å²) in [5, 5.41) is 4.35. The fourth-order valence-corrected chi connectivity index (χ4v) is 2.97. The lowest BCUT2D eigenvalue weighted by Crippen LogP contribution is -2.31. The van der Waals surface area contributed by atoms with Gasteiger partial charge in [0.15, 0.2) is 0 Å². The zero-order chi connectivity index (χ0) is 14.8. The van der Waals surface area contributed by atoms with E-state index in [9.17, 15) is 0 Å². The van der Waals surface area contributed by atoms with Gasteiger partial charge in [0.25, 0.3) is 0 Å². The minimum atomic E-state index is 0.565. The molecule has 0 spiro atoms. The van der Waals surface area contributed by atoms with E-state index >= 15 is 0 Å². The summed E-state index contributed by atoms with van der Waals surface area (Å²) in [5.41, 5.74) is 9.54. The molecule has 1 aliphatic heterocycles. The van der Waals surface area contributed by atoms with Gasteiger partial charge in [-0.3, -0.25) is 0 Å². The third-order valence-electron chi connectivity index (χ3n) is 3.95. The van der Waals surface area contributed by atoms with E-state index in [1.807, 2.05) is 16.8 Å². The van der Waals surface area contributed by atoms with Gasteiger partial charge in [-0.1, -0.05) is 19.9 Å². The second-order valence-corrected chi connectivity index (χ2v) is 6.12. The van der Waals surface area contributed by atoms with Crippen LogP contribution in [0.3, 0.4) is 0 Å². The van der Waals surface area contributed by atoms with Crippen LogP contribution in [0.15, 0.2) is 24.5 Å². The molecule has 112 valence electrons. The van der Waals surface area contributed by atoms with E-state index in [1.54, 1.807) is 6.33 Å². The normalized spacial score (nSPS) is 14.5. The summed E-state index contributed by atoms with van der Waals surface area (Å²) < 4.78 is 2.02. The van der Waals surface area contributed by atoms with Gasteiger partial charge in [-0.25, -0.2) is 9.67 Å². The predicted molar refractivity (Wildman–Crippen MR) is 85.1 cm³/mol. The van der Waals surface area contributed by atoms with Gasteiger partial charge >= 0.3 is 0 Å². The smallest absolute Gasteiger partial charge is 0.146 e. The van der Waals surface area contributed by atoms with Crippen LogP contribution < -0.4 is 10.6 Å². The van der Waals surface area contributed by atoms with Crippen LogP contribution in [0.2, 0.25) is 0 Å². The molecule has 0 radical (unpaired) electrons. The second-order valence-electron chi connectivity index (χ2n) is 6.12. The minimum Gasteiger partial charge on any atom is -0.398 e. The molecule has 0 saturated carbocycles. The SMILES string of the molecule is CC(C)Cn1ncnc1CN1CCCc2c(N)cccc21. The highest BCUT2D eigenvalue weighted by Gasteiger charge is 2.20. The molecule has 3 rings (SSSR count). The summed E-state index contributed by atoms with van der Waals surface area (Å²) in [6.45, 7) is 7.14. The molecule has 21 heavy (non-hydrogen) atoms. The maximum atomic E-state index is 6.11. The molecule has 5 nitrogen and oxygen atoms in total. The number of fused-ring (bicyclic) bond motifs is 1. The molecular weight excluding hydrogens is 262 g/mol. The topological polar surface area (TPSA) is 60.0 Å². The number of nitrogen functional groups attached to an aromatic ring is 1. The van der Waals surface area contributed by atoms with Crippen LogP contribution in [0.1, 0.15) is 31.7 Å². The lowest BCUT2D eigenvalue weighted by Gasteiger charge is -2.31. The van der Waals surface area contributed by atoms with Crippen molar-refractivity contribution in [2.24, 2.45) is 5.92 Å². The fraction of sp³-hybridized carbons (Fsp3) is 0.500. The van der Waals surface area contributed by atoms with E-state index in [0.717, 1.165) is 44.0 Å². The average molecular weight is 285 g/mol. The molecule has 2 aromatic rings. The predicted octanol–water partition coefficient (Wildman–Crippen LogP) is 2.47. The molecular formula is C16H23N5. The lowest BCUT2D eigenvalue weighted by atomic mass is 10.00. The van der Waals surface area contributed by atoms with E-state index in [1.165, 1.54) is 11.3 Å². The van der Waals surface area contributed by atoms with Crippen LogP contribution in [0, 0.1) is 5.92 Å². The third kappa shape index (κ3) is 2.86. The summed E-state index contributed by atoms with van der Waals surface area (Å²) in [7, 11) is 0. The van der Waals surface area contributed by atoms with Crippen LogP contribution in [0.25, 0.3) is 0 Å². The van der Waals surface area contributed by atoms with Crippen molar-refractivity contribution in [1.29, 1.82) is 0 Å². The second kappa shape index (κ2) is 5.76. The first kappa shape index (κ1) is 13.9. The van der Waals surface area contributed by atoms with Crippen LogP contribution >= 0.6 is 0 Å². The molecule has 0 fully saturated rings. The first-order valence-electron chi connectivity index (χ1n) is 7.64. The quantitative estimate of drug-likeness (QED) is 0.877. The van der Waals surface area contributed by atoms with E-state index < -0.39 is 0 Å². The van der Waals surface area contributed by atoms with E-state index in [4.69, 9.17) is 5.73 Å². The van der Waals surface area contributed by atoms with E-state index in [0.29, 0.717) is 5.92 Å². The molecule has 0 amide bonds. The summed E-state index contributed by atoms with van der Waals surface area (Å²) >= 11 is 0. The Morgan fingerprint density at radius 2 is 2.19 bits per heavy atom. The Balaban J connectivity index is 1.84. The van der Waals surface area contributed by atoms with Gasteiger partial charge in [0.1, 0.15) is 12.2 Å². The van der Waals surface area contributed by atoms with Crippen molar-refractivity contribution < 1.29 is 0 Å². The van der Waals surface area contributed by atoms with Crippen molar-refractivity contribution in [2.45, 2.75) is 39.8 Å². The van der Waals surface area contributed by atoms with Crippen molar-refractivity contribution in [3.63, 3.8) is 0 Å². The number of hydrogen-bond acceptors (Lipinski definition) is 4. The first-order chi connectivity index (χ1) is 10.1. The monoisotopic (exact) mass is 285 g/mol. The Kier molecular flexibility index (Phi) is 3.82.